The quantitative estimate of drug-likeness (QED) is 0.545. The Morgan fingerprint density at radius 1 is 1.56 bits per heavy atom. The summed E-state index contributed by atoms with van der Waals surface area (Å²) in [5, 5.41) is 9.04. The van der Waals surface area contributed by atoms with E-state index in [0.717, 1.165) is 11.8 Å². The number of hydrogen-bond donors (Lipinski definition) is 1. The second-order valence-electron chi connectivity index (χ2n) is 1.55. The van der Waals surface area contributed by atoms with E-state index in [4.69, 9.17) is 5.11 Å². The highest BCUT2D eigenvalue weighted by molar-refractivity contribution is 9.09. The zero-order valence-electron chi connectivity index (χ0n) is 5.01. The molecule has 52 valence electrons. The van der Waals surface area contributed by atoms with E-state index in [1.54, 1.807) is 6.08 Å². The molecular formula is C6H9BrO2. The lowest BCUT2D eigenvalue weighted by atomic mass is 10.3. The first-order chi connectivity index (χ1) is 4.27. The summed E-state index contributed by atoms with van der Waals surface area (Å²) in [6.07, 6.45) is 4.53. The zero-order valence-corrected chi connectivity index (χ0v) is 6.60. The van der Waals surface area contributed by atoms with E-state index in [2.05, 4.69) is 15.9 Å². The van der Waals surface area contributed by atoms with Gasteiger partial charge in [-0.3, -0.25) is 4.79 Å². The minimum atomic E-state index is -0.777. The van der Waals surface area contributed by atoms with E-state index < -0.39 is 5.97 Å². The minimum Gasteiger partial charge on any atom is -0.481 e. The number of rotatable bonds is 4. The fourth-order valence-corrected chi connectivity index (χ4v) is 0.629. The Labute approximate surface area is 62.7 Å². The van der Waals surface area contributed by atoms with Gasteiger partial charge in [-0.15, -0.1) is 0 Å². The number of halogens is 1. The van der Waals surface area contributed by atoms with Crippen LogP contribution >= 0.6 is 15.9 Å². The molecule has 0 rings (SSSR count). The van der Waals surface area contributed by atoms with Crippen molar-refractivity contribution in [1.29, 1.82) is 0 Å². The second-order valence-corrected chi connectivity index (χ2v) is 2.34. The fourth-order valence-electron chi connectivity index (χ4n) is 0.365. The summed E-state index contributed by atoms with van der Waals surface area (Å²) in [7, 11) is 0. The number of alkyl halides is 1. The molecule has 0 saturated heterocycles. The summed E-state index contributed by atoms with van der Waals surface area (Å²) in [6, 6.07) is 0. The molecule has 0 radical (unpaired) electrons. The van der Waals surface area contributed by atoms with E-state index in [1.807, 2.05) is 6.08 Å². The van der Waals surface area contributed by atoms with E-state index >= 15 is 0 Å². The molecule has 0 atom stereocenters. The maximum atomic E-state index is 9.90. The lowest BCUT2D eigenvalue weighted by Crippen LogP contribution is -1.89. The van der Waals surface area contributed by atoms with Crippen LogP contribution in [0.5, 0.6) is 0 Å². The Bertz CT molecular complexity index is 110. The largest absolute Gasteiger partial charge is 0.481 e. The van der Waals surface area contributed by atoms with Gasteiger partial charge in [0.15, 0.2) is 0 Å². The van der Waals surface area contributed by atoms with E-state index in [0.29, 0.717) is 0 Å². The molecule has 0 amide bonds. The van der Waals surface area contributed by atoms with Gasteiger partial charge in [0, 0.05) is 5.33 Å². The maximum Gasteiger partial charge on any atom is 0.307 e. The topological polar surface area (TPSA) is 37.3 Å². The van der Waals surface area contributed by atoms with Crippen LogP contribution in [-0.2, 0) is 4.79 Å². The molecule has 0 saturated carbocycles. The van der Waals surface area contributed by atoms with Crippen LogP contribution in [0.3, 0.4) is 0 Å². The van der Waals surface area contributed by atoms with Crippen LogP contribution < -0.4 is 0 Å². The molecule has 1 N–H and O–H groups in total. The van der Waals surface area contributed by atoms with Gasteiger partial charge in [0.1, 0.15) is 0 Å². The van der Waals surface area contributed by atoms with Gasteiger partial charge in [-0.05, 0) is 6.42 Å². The molecule has 0 aliphatic heterocycles. The molecule has 0 aliphatic carbocycles. The second kappa shape index (κ2) is 5.82. The van der Waals surface area contributed by atoms with Gasteiger partial charge in [-0.2, -0.15) is 0 Å². The Hall–Kier alpha value is -0.310. The summed E-state index contributed by atoms with van der Waals surface area (Å²) >= 11 is 3.22. The maximum absolute atomic E-state index is 9.90. The zero-order chi connectivity index (χ0) is 7.11. The van der Waals surface area contributed by atoms with Crippen LogP contribution in [0.4, 0.5) is 0 Å². The molecule has 2 nitrogen and oxygen atoms in total. The van der Waals surface area contributed by atoms with Crippen LogP contribution in [0.2, 0.25) is 0 Å². The number of carboxylic acids is 1. The molecule has 9 heavy (non-hydrogen) atoms. The van der Waals surface area contributed by atoms with E-state index in [1.165, 1.54) is 0 Å². The van der Waals surface area contributed by atoms with Gasteiger partial charge in [0.25, 0.3) is 0 Å². The van der Waals surface area contributed by atoms with Crippen molar-refractivity contribution in [3.05, 3.63) is 12.2 Å². The first kappa shape index (κ1) is 8.69. The predicted octanol–water partition coefficient (Wildman–Crippen LogP) is 1.80. The molecule has 0 aliphatic rings. The van der Waals surface area contributed by atoms with Crippen LogP contribution in [0.1, 0.15) is 12.8 Å². The van der Waals surface area contributed by atoms with Gasteiger partial charge in [-0.25, -0.2) is 0 Å². The van der Waals surface area contributed by atoms with Crippen molar-refractivity contribution in [2.75, 3.05) is 5.33 Å². The van der Waals surface area contributed by atoms with Crippen LogP contribution in [0.15, 0.2) is 12.2 Å². The molecule has 0 bridgehead atoms. The van der Waals surface area contributed by atoms with Gasteiger partial charge in [-0.1, -0.05) is 28.1 Å². The summed E-state index contributed by atoms with van der Waals surface area (Å²) in [6.45, 7) is 0. The van der Waals surface area contributed by atoms with Gasteiger partial charge >= 0.3 is 5.97 Å². The van der Waals surface area contributed by atoms with Crippen LogP contribution in [-0.4, -0.2) is 16.4 Å². The molecule has 0 aromatic rings. The average molecular weight is 193 g/mol. The normalized spacial score (nSPS) is 10.3. The fraction of sp³-hybridized carbons (Fsp3) is 0.500. The molecule has 0 fully saturated rings. The molecule has 0 spiro atoms. The number of carbonyl (C=O) groups is 1. The predicted molar refractivity (Wildman–Crippen MR) is 39.8 cm³/mol. The smallest absolute Gasteiger partial charge is 0.307 e. The van der Waals surface area contributed by atoms with E-state index in [-0.39, 0.29) is 6.42 Å². The summed E-state index contributed by atoms with van der Waals surface area (Å²) in [5.41, 5.74) is 0. The highest BCUT2D eigenvalue weighted by atomic mass is 79.9. The summed E-state index contributed by atoms with van der Waals surface area (Å²) in [4.78, 5) is 9.90. The third kappa shape index (κ3) is 7.69. The van der Waals surface area contributed by atoms with Gasteiger partial charge in [0.2, 0.25) is 0 Å². The Morgan fingerprint density at radius 3 is 2.67 bits per heavy atom. The van der Waals surface area contributed by atoms with Crippen molar-refractivity contribution in [1.82, 2.24) is 0 Å². The molecule has 0 aromatic carbocycles. The minimum absolute atomic E-state index is 0.132. The Morgan fingerprint density at radius 2 is 2.22 bits per heavy atom. The average Bonchev–Trinajstić information content (AvgIpc) is 1.80. The third-order valence-electron chi connectivity index (χ3n) is 0.735. The number of aliphatic carboxylic acids is 1. The highest BCUT2D eigenvalue weighted by Crippen LogP contribution is 1.90. The van der Waals surface area contributed by atoms with Crippen LogP contribution in [0.25, 0.3) is 0 Å². The third-order valence-corrected chi connectivity index (χ3v) is 1.19. The summed E-state index contributed by atoms with van der Waals surface area (Å²) in [5.74, 6) is -0.777. The first-order valence-corrected chi connectivity index (χ1v) is 3.82. The SMILES string of the molecule is O=C(O)C/C=C/CCBr. The lowest BCUT2D eigenvalue weighted by molar-refractivity contribution is -0.136. The number of allylic oxidation sites excluding steroid dienone is 1. The Balaban J connectivity index is 3.14. The Kier molecular flexibility index (Phi) is 5.62. The van der Waals surface area contributed by atoms with Crippen molar-refractivity contribution < 1.29 is 9.90 Å². The van der Waals surface area contributed by atoms with Gasteiger partial charge in [0.05, 0.1) is 6.42 Å². The number of hydrogen-bond acceptors (Lipinski definition) is 1. The van der Waals surface area contributed by atoms with Crippen molar-refractivity contribution in [2.45, 2.75) is 12.8 Å². The van der Waals surface area contributed by atoms with Gasteiger partial charge < -0.3 is 5.11 Å². The van der Waals surface area contributed by atoms with Crippen molar-refractivity contribution >= 4 is 21.9 Å². The van der Waals surface area contributed by atoms with Crippen LogP contribution in [0, 0.1) is 0 Å². The van der Waals surface area contributed by atoms with Crippen molar-refractivity contribution in [3.8, 4) is 0 Å². The highest BCUT2D eigenvalue weighted by Gasteiger charge is 1.87. The van der Waals surface area contributed by atoms with E-state index in [9.17, 15) is 4.79 Å². The molecular weight excluding hydrogens is 184 g/mol. The van der Waals surface area contributed by atoms with Crippen molar-refractivity contribution in [3.63, 3.8) is 0 Å². The molecule has 0 unspecified atom stereocenters. The molecule has 3 heteroatoms. The van der Waals surface area contributed by atoms with Crippen molar-refractivity contribution in [2.24, 2.45) is 0 Å². The lowest BCUT2D eigenvalue weighted by Gasteiger charge is -1.82. The summed E-state index contributed by atoms with van der Waals surface area (Å²) < 4.78 is 0. The monoisotopic (exact) mass is 192 g/mol. The molecule has 0 aromatic heterocycles. The molecule has 0 heterocycles. The standard InChI is InChI=1S/C6H9BrO2/c7-5-3-1-2-4-6(8)9/h1-2H,3-5H2,(H,8,9)/b2-1+. The first-order valence-electron chi connectivity index (χ1n) is 2.70. The number of carboxylic acid groups (broad SMARTS) is 1.